The van der Waals surface area contributed by atoms with Crippen molar-refractivity contribution in [1.29, 1.82) is 0 Å². The molecule has 3 aromatic carbocycles. The van der Waals surface area contributed by atoms with Gasteiger partial charge in [-0.05, 0) is 89.7 Å². The Balaban J connectivity index is 1.60. The Bertz CT molecular complexity index is 1350. The minimum absolute atomic E-state index is 0.0577. The van der Waals surface area contributed by atoms with Crippen molar-refractivity contribution in [3.63, 3.8) is 0 Å². The lowest BCUT2D eigenvalue weighted by molar-refractivity contribution is 0.0930. The summed E-state index contributed by atoms with van der Waals surface area (Å²) < 4.78 is 30.1. The third-order valence-electron chi connectivity index (χ3n) is 6.57. The first-order valence-corrected chi connectivity index (χ1v) is 14.5. The van der Waals surface area contributed by atoms with Crippen LogP contribution < -0.4 is 10.6 Å². The molecular weight excluding hydrogens is 629 g/mol. The summed E-state index contributed by atoms with van der Waals surface area (Å²) in [7, 11) is 0. The molecule has 2 N–H and O–H groups in total. The van der Waals surface area contributed by atoms with Crippen LogP contribution >= 0.6 is 46.0 Å². The zero-order valence-corrected chi connectivity index (χ0v) is 24.2. The van der Waals surface area contributed by atoms with Crippen molar-refractivity contribution >= 4 is 63.5 Å². The van der Waals surface area contributed by atoms with Gasteiger partial charge in [0.2, 0.25) is 0 Å². The van der Waals surface area contributed by atoms with E-state index in [-0.39, 0.29) is 23.9 Å². The maximum absolute atomic E-state index is 14.7. The van der Waals surface area contributed by atoms with Gasteiger partial charge in [0.15, 0.2) is 0 Å². The smallest absolute Gasteiger partial charge is 0.263 e. The van der Waals surface area contributed by atoms with E-state index in [4.69, 9.17) is 11.6 Å². The van der Waals surface area contributed by atoms with E-state index in [0.717, 1.165) is 5.75 Å². The van der Waals surface area contributed by atoms with E-state index < -0.39 is 17.2 Å². The van der Waals surface area contributed by atoms with Gasteiger partial charge in [-0.25, -0.2) is 8.78 Å². The van der Waals surface area contributed by atoms with E-state index in [1.165, 1.54) is 0 Å². The normalized spacial score (nSPS) is 18.7. The molecule has 2 unspecified atom stereocenters. The summed E-state index contributed by atoms with van der Waals surface area (Å²) in [6.07, 6.45) is 1.67. The van der Waals surface area contributed by atoms with Gasteiger partial charge in [0, 0.05) is 32.5 Å². The van der Waals surface area contributed by atoms with Crippen molar-refractivity contribution in [2.75, 3.05) is 17.3 Å². The number of nitrogens with one attached hydrogen (secondary N) is 2. The zero-order chi connectivity index (χ0) is 27.0. The van der Waals surface area contributed by atoms with Crippen LogP contribution in [-0.4, -0.2) is 35.8 Å². The molecule has 0 radical (unpaired) electrons. The SMILES string of the molecule is CSCC(C)NC(=O)c1c(I)cccc1C(=O)Nc1ccc(C2(c3ccc(Cl)cc3)CC2(F)F)cc1C. The minimum Gasteiger partial charge on any atom is -0.349 e. The highest BCUT2D eigenvalue weighted by Gasteiger charge is 2.72. The van der Waals surface area contributed by atoms with Crippen molar-refractivity contribution < 1.29 is 18.4 Å². The fraction of sp³-hybridized carbons (Fsp3) is 0.286. The average Bonchev–Trinajstić information content (AvgIpc) is 3.43. The number of carbonyl (C=O) groups is 2. The van der Waals surface area contributed by atoms with Gasteiger partial charge in [0.25, 0.3) is 17.7 Å². The second kappa shape index (κ2) is 10.9. The number of hydrogen-bond acceptors (Lipinski definition) is 3. The molecule has 2 atom stereocenters. The number of hydrogen-bond donors (Lipinski definition) is 2. The van der Waals surface area contributed by atoms with Crippen molar-refractivity contribution in [2.24, 2.45) is 0 Å². The molecule has 0 bridgehead atoms. The van der Waals surface area contributed by atoms with Gasteiger partial charge in [-0.2, -0.15) is 11.8 Å². The number of aryl methyl sites for hydroxylation is 1. The fourth-order valence-corrected chi connectivity index (χ4v) is 6.06. The first-order valence-electron chi connectivity index (χ1n) is 11.6. The molecule has 2 amide bonds. The van der Waals surface area contributed by atoms with Gasteiger partial charge in [-0.1, -0.05) is 41.9 Å². The molecule has 9 heteroatoms. The summed E-state index contributed by atoms with van der Waals surface area (Å²) in [5, 5.41) is 6.29. The lowest BCUT2D eigenvalue weighted by Gasteiger charge is -2.20. The number of halogens is 4. The molecule has 0 saturated heterocycles. The predicted octanol–water partition coefficient (Wildman–Crippen LogP) is 7.31. The van der Waals surface area contributed by atoms with Gasteiger partial charge in [-0.15, -0.1) is 0 Å². The number of amides is 2. The van der Waals surface area contributed by atoms with Crippen molar-refractivity contribution in [2.45, 2.75) is 37.6 Å². The lowest BCUT2D eigenvalue weighted by atomic mass is 9.86. The van der Waals surface area contributed by atoms with Crippen LogP contribution in [0.2, 0.25) is 5.02 Å². The van der Waals surface area contributed by atoms with Crippen molar-refractivity contribution in [1.82, 2.24) is 5.32 Å². The molecule has 0 aliphatic heterocycles. The van der Waals surface area contributed by atoms with E-state index in [9.17, 15) is 18.4 Å². The third kappa shape index (κ3) is 5.52. The van der Waals surface area contributed by atoms with Crippen LogP contribution in [0.4, 0.5) is 14.5 Å². The Hall–Kier alpha value is -2.17. The molecular formula is C28H26ClF2IN2O2S. The summed E-state index contributed by atoms with van der Waals surface area (Å²) >= 11 is 9.64. The minimum atomic E-state index is -2.88. The Labute approximate surface area is 238 Å². The van der Waals surface area contributed by atoms with Gasteiger partial charge < -0.3 is 10.6 Å². The molecule has 4 nitrogen and oxygen atoms in total. The Kier molecular flexibility index (Phi) is 8.21. The Morgan fingerprint density at radius 1 is 1.08 bits per heavy atom. The molecule has 3 aromatic rings. The van der Waals surface area contributed by atoms with Crippen LogP contribution in [0.15, 0.2) is 60.7 Å². The van der Waals surface area contributed by atoms with Crippen LogP contribution in [0.1, 0.15) is 50.8 Å². The van der Waals surface area contributed by atoms with E-state index >= 15 is 0 Å². The number of carbonyl (C=O) groups excluding carboxylic acids is 2. The number of alkyl halides is 2. The summed E-state index contributed by atoms with van der Waals surface area (Å²) in [5.41, 5.74) is 1.25. The first-order chi connectivity index (χ1) is 17.5. The van der Waals surface area contributed by atoms with Crippen LogP contribution in [0.3, 0.4) is 0 Å². The standard InChI is InChI=1S/C28H26ClF2IN2O2S/c1-16-13-19(27(15-28(27,30)31)18-7-10-20(29)11-8-18)9-12-23(16)34-25(35)21-5-4-6-22(32)24(21)26(36)33-17(2)14-37-3/h4-13,17H,14-15H2,1-3H3,(H,33,36)(H,34,35). The van der Waals surface area contributed by atoms with Crippen LogP contribution in [0.5, 0.6) is 0 Å². The maximum atomic E-state index is 14.7. The number of thioether (sulfide) groups is 1. The van der Waals surface area contributed by atoms with Gasteiger partial charge in [0.05, 0.1) is 16.5 Å². The molecule has 1 aliphatic carbocycles. The lowest BCUT2D eigenvalue weighted by Crippen LogP contribution is -2.36. The molecule has 1 aliphatic rings. The highest BCUT2D eigenvalue weighted by Crippen LogP contribution is 2.65. The molecule has 1 saturated carbocycles. The van der Waals surface area contributed by atoms with E-state index in [2.05, 4.69) is 10.6 Å². The fourth-order valence-electron chi connectivity index (χ4n) is 4.61. The Morgan fingerprint density at radius 3 is 2.32 bits per heavy atom. The van der Waals surface area contributed by atoms with Crippen molar-refractivity contribution in [3.05, 3.63) is 97.1 Å². The second-order valence-electron chi connectivity index (χ2n) is 9.27. The second-order valence-corrected chi connectivity index (χ2v) is 11.8. The topological polar surface area (TPSA) is 58.2 Å². The highest BCUT2D eigenvalue weighted by atomic mass is 127. The number of anilines is 1. The van der Waals surface area contributed by atoms with Crippen molar-refractivity contribution in [3.8, 4) is 0 Å². The van der Waals surface area contributed by atoms with Crippen LogP contribution in [0, 0.1) is 10.5 Å². The van der Waals surface area contributed by atoms with E-state index in [0.29, 0.717) is 36.5 Å². The molecule has 0 spiro atoms. The average molecular weight is 655 g/mol. The predicted molar refractivity (Wildman–Crippen MR) is 155 cm³/mol. The number of rotatable bonds is 8. The third-order valence-corrected chi connectivity index (χ3v) is 8.55. The quantitative estimate of drug-likeness (QED) is 0.251. The highest BCUT2D eigenvalue weighted by molar-refractivity contribution is 14.1. The number of benzene rings is 3. The maximum Gasteiger partial charge on any atom is 0.263 e. The molecule has 194 valence electrons. The molecule has 0 aromatic heterocycles. The van der Waals surface area contributed by atoms with Gasteiger partial charge in [0.1, 0.15) is 0 Å². The largest absolute Gasteiger partial charge is 0.349 e. The van der Waals surface area contributed by atoms with E-state index in [1.54, 1.807) is 79.3 Å². The van der Waals surface area contributed by atoms with Gasteiger partial charge >= 0.3 is 0 Å². The summed E-state index contributed by atoms with van der Waals surface area (Å²) in [4.78, 5) is 26.3. The van der Waals surface area contributed by atoms with Gasteiger partial charge in [-0.3, -0.25) is 9.59 Å². The Morgan fingerprint density at radius 2 is 1.73 bits per heavy atom. The first kappa shape index (κ1) is 27.9. The summed E-state index contributed by atoms with van der Waals surface area (Å²) in [6, 6.07) is 16.5. The zero-order valence-electron chi connectivity index (χ0n) is 20.5. The molecule has 37 heavy (non-hydrogen) atoms. The van der Waals surface area contributed by atoms with Crippen LogP contribution in [0.25, 0.3) is 0 Å². The molecule has 0 heterocycles. The van der Waals surface area contributed by atoms with Crippen LogP contribution in [-0.2, 0) is 5.41 Å². The molecule has 1 fully saturated rings. The van der Waals surface area contributed by atoms with E-state index in [1.807, 2.05) is 35.8 Å². The summed E-state index contributed by atoms with van der Waals surface area (Å²) in [5.74, 6) is -2.89. The summed E-state index contributed by atoms with van der Waals surface area (Å²) in [6.45, 7) is 3.68. The molecule has 4 rings (SSSR count). The monoisotopic (exact) mass is 654 g/mol.